The molecule has 0 saturated heterocycles. The monoisotopic (exact) mass is 126 g/mol. The van der Waals surface area contributed by atoms with Crippen LogP contribution in [0.15, 0.2) is 12.7 Å². The molecule has 0 aromatic heterocycles. The Morgan fingerprint density at radius 3 is 2.78 bits per heavy atom. The van der Waals surface area contributed by atoms with Gasteiger partial charge in [-0.05, 0) is 18.8 Å². The standard InChI is InChI=1S/C8H14O/c1-3-4-5-8(2)6-7-9/h3,7-8H,1,4-6H2,2H3. The van der Waals surface area contributed by atoms with E-state index in [2.05, 4.69) is 13.5 Å². The summed E-state index contributed by atoms with van der Waals surface area (Å²) in [5.41, 5.74) is 0. The predicted octanol–water partition coefficient (Wildman–Crippen LogP) is 2.18. The molecule has 0 radical (unpaired) electrons. The second-order valence-corrected chi connectivity index (χ2v) is 2.37. The van der Waals surface area contributed by atoms with Gasteiger partial charge in [-0.25, -0.2) is 0 Å². The molecule has 1 atom stereocenters. The molecular weight excluding hydrogens is 112 g/mol. The van der Waals surface area contributed by atoms with Crippen molar-refractivity contribution >= 4 is 6.29 Å². The summed E-state index contributed by atoms with van der Waals surface area (Å²) in [5, 5.41) is 0. The molecule has 1 unspecified atom stereocenters. The highest BCUT2D eigenvalue weighted by Crippen LogP contribution is 2.07. The Balaban J connectivity index is 3.14. The van der Waals surface area contributed by atoms with E-state index in [0.717, 1.165) is 19.1 Å². The lowest BCUT2D eigenvalue weighted by molar-refractivity contribution is -0.108. The zero-order valence-corrected chi connectivity index (χ0v) is 5.97. The second kappa shape index (κ2) is 5.54. The minimum atomic E-state index is 0.528. The number of carbonyl (C=O) groups is 1. The zero-order chi connectivity index (χ0) is 7.11. The number of rotatable bonds is 5. The van der Waals surface area contributed by atoms with Gasteiger partial charge in [-0.1, -0.05) is 13.0 Å². The van der Waals surface area contributed by atoms with E-state index in [0.29, 0.717) is 12.3 Å². The van der Waals surface area contributed by atoms with E-state index < -0.39 is 0 Å². The lowest BCUT2D eigenvalue weighted by Crippen LogP contribution is -1.93. The smallest absolute Gasteiger partial charge is 0.120 e. The summed E-state index contributed by atoms with van der Waals surface area (Å²) in [6.07, 6.45) is 5.67. The molecule has 0 amide bonds. The minimum Gasteiger partial charge on any atom is -0.303 e. The fourth-order valence-corrected chi connectivity index (χ4v) is 0.684. The van der Waals surface area contributed by atoms with E-state index in [9.17, 15) is 4.79 Å². The lowest BCUT2D eigenvalue weighted by Gasteiger charge is -2.02. The first-order valence-corrected chi connectivity index (χ1v) is 3.35. The summed E-state index contributed by atoms with van der Waals surface area (Å²) in [7, 11) is 0. The van der Waals surface area contributed by atoms with E-state index >= 15 is 0 Å². The van der Waals surface area contributed by atoms with E-state index in [1.807, 2.05) is 6.08 Å². The van der Waals surface area contributed by atoms with Gasteiger partial charge in [-0.3, -0.25) is 0 Å². The van der Waals surface area contributed by atoms with E-state index in [-0.39, 0.29) is 0 Å². The molecule has 0 aromatic carbocycles. The lowest BCUT2D eigenvalue weighted by atomic mass is 10.0. The van der Waals surface area contributed by atoms with Crippen molar-refractivity contribution in [2.45, 2.75) is 26.2 Å². The van der Waals surface area contributed by atoms with Gasteiger partial charge in [0.25, 0.3) is 0 Å². The normalized spacial score (nSPS) is 12.6. The van der Waals surface area contributed by atoms with Crippen molar-refractivity contribution in [1.82, 2.24) is 0 Å². The van der Waals surface area contributed by atoms with Crippen LogP contribution in [0.1, 0.15) is 26.2 Å². The van der Waals surface area contributed by atoms with E-state index in [1.165, 1.54) is 0 Å². The van der Waals surface area contributed by atoms with Crippen molar-refractivity contribution in [1.29, 1.82) is 0 Å². The van der Waals surface area contributed by atoms with Crippen LogP contribution in [0.25, 0.3) is 0 Å². The molecule has 1 nitrogen and oxygen atoms in total. The summed E-state index contributed by atoms with van der Waals surface area (Å²) in [5.74, 6) is 0.528. The molecule has 0 aliphatic heterocycles. The van der Waals surface area contributed by atoms with Crippen LogP contribution in [0.4, 0.5) is 0 Å². The molecule has 0 N–H and O–H groups in total. The van der Waals surface area contributed by atoms with Crippen molar-refractivity contribution in [3.63, 3.8) is 0 Å². The van der Waals surface area contributed by atoms with E-state index in [4.69, 9.17) is 0 Å². The number of aldehydes is 1. The first-order valence-electron chi connectivity index (χ1n) is 3.35. The van der Waals surface area contributed by atoms with Gasteiger partial charge >= 0.3 is 0 Å². The third-order valence-corrected chi connectivity index (χ3v) is 1.36. The fourth-order valence-electron chi connectivity index (χ4n) is 0.684. The molecule has 1 heteroatoms. The average molecular weight is 126 g/mol. The Morgan fingerprint density at radius 1 is 1.67 bits per heavy atom. The molecule has 0 saturated carbocycles. The molecule has 9 heavy (non-hydrogen) atoms. The molecule has 0 aliphatic rings. The molecule has 0 aromatic rings. The predicted molar refractivity (Wildman–Crippen MR) is 39.3 cm³/mol. The van der Waals surface area contributed by atoms with Gasteiger partial charge in [-0.15, -0.1) is 6.58 Å². The van der Waals surface area contributed by atoms with Crippen LogP contribution >= 0.6 is 0 Å². The average Bonchev–Trinajstić information content (AvgIpc) is 1.85. The Hall–Kier alpha value is -0.590. The quantitative estimate of drug-likeness (QED) is 0.407. The molecule has 0 aliphatic carbocycles. The maximum absolute atomic E-state index is 9.95. The number of hydrogen-bond donors (Lipinski definition) is 0. The Bertz CT molecular complexity index is 86.6. The first kappa shape index (κ1) is 8.41. The van der Waals surface area contributed by atoms with Crippen LogP contribution in [-0.2, 0) is 4.79 Å². The number of carbonyl (C=O) groups excluding carboxylic acids is 1. The van der Waals surface area contributed by atoms with Gasteiger partial charge in [0.1, 0.15) is 6.29 Å². The molecule has 0 bridgehead atoms. The maximum Gasteiger partial charge on any atom is 0.120 e. The fraction of sp³-hybridized carbons (Fsp3) is 0.625. The van der Waals surface area contributed by atoms with Crippen LogP contribution in [0.3, 0.4) is 0 Å². The summed E-state index contributed by atoms with van der Waals surface area (Å²) in [6, 6.07) is 0. The van der Waals surface area contributed by atoms with Gasteiger partial charge in [-0.2, -0.15) is 0 Å². The highest BCUT2D eigenvalue weighted by Gasteiger charge is 1.97. The first-order chi connectivity index (χ1) is 4.31. The van der Waals surface area contributed by atoms with Gasteiger partial charge in [0.15, 0.2) is 0 Å². The van der Waals surface area contributed by atoms with Crippen LogP contribution in [0, 0.1) is 5.92 Å². The van der Waals surface area contributed by atoms with Gasteiger partial charge < -0.3 is 4.79 Å². The summed E-state index contributed by atoms with van der Waals surface area (Å²) >= 11 is 0. The SMILES string of the molecule is C=CCCC(C)CC=O. The van der Waals surface area contributed by atoms with Gasteiger partial charge in [0, 0.05) is 6.42 Å². The van der Waals surface area contributed by atoms with Gasteiger partial charge in [0.2, 0.25) is 0 Å². The van der Waals surface area contributed by atoms with Crippen LogP contribution < -0.4 is 0 Å². The Kier molecular flexibility index (Phi) is 5.18. The highest BCUT2D eigenvalue weighted by molar-refractivity contribution is 5.49. The van der Waals surface area contributed by atoms with Crippen molar-refractivity contribution < 1.29 is 4.79 Å². The van der Waals surface area contributed by atoms with Crippen molar-refractivity contribution in [3.05, 3.63) is 12.7 Å². The van der Waals surface area contributed by atoms with Crippen molar-refractivity contribution in [3.8, 4) is 0 Å². The summed E-state index contributed by atoms with van der Waals surface area (Å²) in [4.78, 5) is 9.95. The van der Waals surface area contributed by atoms with Crippen LogP contribution in [0.2, 0.25) is 0 Å². The van der Waals surface area contributed by atoms with Crippen molar-refractivity contribution in [2.24, 2.45) is 5.92 Å². The maximum atomic E-state index is 9.95. The molecular formula is C8H14O. The van der Waals surface area contributed by atoms with Crippen molar-refractivity contribution in [2.75, 3.05) is 0 Å². The molecule has 0 rings (SSSR count). The minimum absolute atomic E-state index is 0.528. The number of allylic oxidation sites excluding steroid dienone is 1. The Morgan fingerprint density at radius 2 is 2.33 bits per heavy atom. The second-order valence-electron chi connectivity index (χ2n) is 2.37. The topological polar surface area (TPSA) is 17.1 Å². The third-order valence-electron chi connectivity index (χ3n) is 1.36. The molecule has 0 fully saturated rings. The highest BCUT2D eigenvalue weighted by atomic mass is 16.1. The van der Waals surface area contributed by atoms with Gasteiger partial charge in [0.05, 0.1) is 0 Å². The van der Waals surface area contributed by atoms with Crippen LogP contribution in [0.5, 0.6) is 0 Å². The van der Waals surface area contributed by atoms with E-state index in [1.54, 1.807) is 0 Å². The third kappa shape index (κ3) is 5.28. The summed E-state index contributed by atoms with van der Waals surface area (Å²) < 4.78 is 0. The number of hydrogen-bond acceptors (Lipinski definition) is 1. The zero-order valence-electron chi connectivity index (χ0n) is 5.97. The molecule has 52 valence electrons. The Labute approximate surface area is 56.8 Å². The summed E-state index contributed by atoms with van der Waals surface area (Å²) in [6.45, 7) is 5.69. The molecule has 0 heterocycles. The van der Waals surface area contributed by atoms with Crippen LogP contribution in [-0.4, -0.2) is 6.29 Å². The molecule has 0 spiro atoms. The largest absolute Gasteiger partial charge is 0.303 e.